The number of urea groups is 1. The summed E-state index contributed by atoms with van der Waals surface area (Å²) in [4.78, 5) is 21.1. The van der Waals surface area contributed by atoms with Crippen LogP contribution in [0.5, 0.6) is 0 Å². The van der Waals surface area contributed by atoms with Crippen molar-refractivity contribution in [1.29, 1.82) is 0 Å². The number of carbonyl (C=O) groups excluding carboxylic acids is 1. The van der Waals surface area contributed by atoms with Crippen LogP contribution in [-0.4, -0.2) is 50.1 Å². The molecule has 2 amide bonds. The van der Waals surface area contributed by atoms with Gasteiger partial charge in [-0.25, -0.2) is 13.2 Å². The normalized spacial score (nSPS) is 10.8. The number of sulfone groups is 1. The molecular weight excluding hydrogens is 236 g/mol. The summed E-state index contributed by atoms with van der Waals surface area (Å²) in [5, 5.41) is 12.9. The fraction of sp³-hybridized carbons (Fsp3) is 0.750. The van der Waals surface area contributed by atoms with E-state index in [1.165, 1.54) is 6.92 Å². The van der Waals surface area contributed by atoms with Gasteiger partial charge in [-0.2, -0.15) is 0 Å². The average Bonchev–Trinajstić information content (AvgIpc) is 2.17. The van der Waals surface area contributed by atoms with Crippen molar-refractivity contribution in [3.8, 4) is 0 Å². The fourth-order valence-electron chi connectivity index (χ4n) is 0.810. The zero-order valence-electron chi connectivity index (χ0n) is 9.02. The molecule has 0 saturated carbocycles. The predicted octanol–water partition coefficient (Wildman–Crippen LogP) is -0.805. The highest BCUT2D eigenvalue weighted by Gasteiger charge is 2.08. The molecule has 0 spiro atoms. The van der Waals surface area contributed by atoms with Gasteiger partial charge in [0.15, 0.2) is 9.84 Å². The lowest BCUT2D eigenvalue weighted by Gasteiger charge is -2.06. The number of hydrogen-bond acceptors (Lipinski definition) is 4. The van der Waals surface area contributed by atoms with Crippen molar-refractivity contribution in [2.24, 2.45) is 0 Å². The summed E-state index contributed by atoms with van der Waals surface area (Å²) in [6, 6.07) is -0.562. The Hall–Kier alpha value is -1.31. The standard InChI is InChI=1S/C8H16N2O5S/c1-2-16(14,15)6-5-10-8(13)9-4-3-7(11)12/h2-6H2,1H3,(H,11,12)(H2,9,10,13). The van der Waals surface area contributed by atoms with Gasteiger partial charge < -0.3 is 15.7 Å². The maximum atomic E-state index is 11.0. The zero-order valence-corrected chi connectivity index (χ0v) is 9.84. The Morgan fingerprint density at radius 1 is 1.19 bits per heavy atom. The number of carboxylic acids is 1. The van der Waals surface area contributed by atoms with Gasteiger partial charge in [0.25, 0.3) is 0 Å². The van der Waals surface area contributed by atoms with E-state index in [1.807, 2.05) is 0 Å². The van der Waals surface area contributed by atoms with Crippen molar-refractivity contribution in [2.75, 3.05) is 24.6 Å². The number of carbonyl (C=O) groups is 2. The summed E-state index contributed by atoms with van der Waals surface area (Å²) < 4.78 is 22.1. The minimum atomic E-state index is -3.09. The molecule has 0 radical (unpaired) electrons. The van der Waals surface area contributed by atoms with E-state index in [-0.39, 0.29) is 31.0 Å². The Labute approximate surface area is 94.1 Å². The van der Waals surface area contributed by atoms with Crippen LogP contribution in [-0.2, 0) is 14.6 Å². The van der Waals surface area contributed by atoms with E-state index in [0.29, 0.717) is 0 Å². The summed E-state index contributed by atoms with van der Waals surface area (Å²) in [5.41, 5.74) is 0. The molecule has 16 heavy (non-hydrogen) atoms. The fourth-order valence-corrected chi connectivity index (χ4v) is 1.51. The van der Waals surface area contributed by atoms with Crippen LogP contribution in [0.2, 0.25) is 0 Å². The number of aliphatic carboxylic acids is 1. The molecule has 0 aliphatic carbocycles. The highest BCUT2D eigenvalue weighted by Crippen LogP contribution is 1.86. The highest BCUT2D eigenvalue weighted by molar-refractivity contribution is 7.91. The Morgan fingerprint density at radius 2 is 1.75 bits per heavy atom. The maximum Gasteiger partial charge on any atom is 0.314 e. The molecule has 0 aromatic rings. The lowest BCUT2D eigenvalue weighted by molar-refractivity contribution is -0.136. The molecule has 94 valence electrons. The summed E-state index contributed by atoms with van der Waals surface area (Å²) in [5.74, 6) is -1.08. The molecule has 0 aromatic heterocycles. The van der Waals surface area contributed by atoms with Crippen molar-refractivity contribution in [3.05, 3.63) is 0 Å². The average molecular weight is 252 g/mol. The van der Waals surface area contributed by atoms with Gasteiger partial charge in [0, 0.05) is 18.8 Å². The van der Waals surface area contributed by atoms with Gasteiger partial charge in [-0.15, -0.1) is 0 Å². The first-order chi connectivity index (χ1) is 7.37. The summed E-state index contributed by atoms with van der Waals surface area (Å²) in [7, 11) is -3.09. The smallest absolute Gasteiger partial charge is 0.314 e. The monoisotopic (exact) mass is 252 g/mol. The molecule has 0 aliphatic rings. The van der Waals surface area contributed by atoms with E-state index in [0.717, 1.165) is 0 Å². The third kappa shape index (κ3) is 8.04. The van der Waals surface area contributed by atoms with Gasteiger partial charge in [-0.3, -0.25) is 4.79 Å². The lowest BCUT2D eigenvalue weighted by Crippen LogP contribution is -2.39. The van der Waals surface area contributed by atoms with Crippen molar-refractivity contribution in [1.82, 2.24) is 10.6 Å². The van der Waals surface area contributed by atoms with E-state index >= 15 is 0 Å². The van der Waals surface area contributed by atoms with Crippen LogP contribution in [0.3, 0.4) is 0 Å². The summed E-state index contributed by atoms with van der Waals surface area (Å²) in [6.45, 7) is 1.57. The number of hydrogen-bond donors (Lipinski definition) is 3. The van der Waals surface area contributed by atoms with E-state index < -0.39 is 21.8 Å². The van der Waals surface area contributed by atoms with Crippen molar-refractivity contribution in [2.45, 2.75) is 13.3 Å². The molecule has 0 bridgehead atoms. The molecular formula is C8H16N2O5S. The second kappa shape index (κ2) is 7.04. The zero-order chi connectivity index (χ0) is 12.6. The highest BCUT2D eigenvalue weighted by atomic mass is 32.2. The molecule has 3 N–H and O–H groups in total. The van der Waals surface area contributed by atoms with Gasteiger partial charge in [0.1, 0.15) is 0 Å². The summed E-state index contributed by atoms with van der Waals surface area (Å²) >= 11 is 0. The van der Waals surface area contributed by atoms with Crippen molar-refractivity contribution in [3.63, 3.8) is 0 Å². The second-order valence-electron chi connectivity index (χ2n) is 3.06. The second-order valence-corrected chi connectivity index (χ2v) is 5.54. The van der Waals surface area contributed by atoms with Crippen molar-refractivity contribution >= 4 is 21.8 Å². The number of nitrogens with one attached hydrogen (secondary N) is 2. The molecule has 8 heteroatoms. The quantitative estimate of drug-likeness (QED) is 0.549. The van der Waals surface area contributed by atoms with Gasteiger partial charge in [-0.1, -0.05) is 6.92 Å². The SMILES string of the molecule is CCS(=O)(=O)CCNC(=O)NCCC(=O)O. The number of amides is 2. The first kappa shape index (κ1) is 14.7. The minimum Gasteiger partial charge on any atom is -0.481 e. The van der Waals surface area contributed by atoms with E-state index in [2.05, 4.69) is 10.6 Å². The van der Waals surface area contributed by atoms with Gasteiger partial charge in [0.2, 0.25) is 0 Å². The largest absolute Gasteiger partial charge is 0.481 e. The lowest BCUT2D eigenvalue weighted by atomic mass is 10.4. The Balaban J connectivity index is 3.63. The van der Waals surface area contributed by atoms with Crippen LogP contribution >= 0.6 is 0 Å². The molecule has 0 saturated heterocycles. The van der Waals surface area contributed by atoms with Crippen LogP contribution in [0.15, 0.2) is 0 Å². The topological polar surface area (TPSA) is 113 Å². The Kier molecular flexibility index (Phi) is 6.47. The molecule has 0 rings (SSSR count). The molecule has 0 fully saturated rings. The minimum absolute atomic E-state index is 0.0156. The molecule has 7 nitrogen and oxygen atoms in total. The van der Waals surface area contributed by atoms with Gasteiger partial charge in [-0.05, 0) is 0 Å². The van der Waals surface area contributed by atoms with Crippen LogP contribution in [0.1, 0.15) is 13.3 Å². The molecule has 0 aliphatic heterocycles. The molecule has 0 atom stereocenters. The molecule has 0 heterocycles. The maximum absolute atomic E-state index is 11.0. The van der Waals surface area contributed by atoms with E-state index in [4.69, 9.17) is 5.11 Å². The first-order valence-electron chi connectivity index (χ1n) is 4.81. The first-order valence-corrected chi connectivity index (χ1v) is 6.63. The predicted molar refractivity (Wildman–Crippen MR) is 58.0 cm³/mol. The van der Waals surface area contributed by atoms with E-state index in [1.54, 1.807) is 0 Å². The molecule has 0 aromatic carbocycles. The van der Waals surface area contributed by atoms with Gasteiger partial charge >= 0.3 is 12.0 Å². The Morgan fingerprint density at radius 3 is 2.25 bits per heavy atom. The number of carboxylic acid groups (broad SMARTS) is 1. The number of rotatable bonds is 7. The van der Waals surface area contributed by atoms with Crippen LogP contribution < -0.4 is 10.6 Å². The molecule has 0 unspecified atom stereocenters. The van der Waals surface area contributed by atoms with Gasteiger partial charge in [0.05, 0.1) is 12.2 Å². The van der Waals surface area contributed by atoms with Crippen LogP contribution in [0, 0.1) is 0 Å². The van der Waals surface area contributed by atoms with Crippen LogP contribution in [0.4, 0.5) is 4.79 Å². The summed E-state index contributed by atoms with van der Waals surface area (Å²) in [6.07, 6.45) is -0.166. The van der Waals surface area contributed by atoms with E-state index in [9.17, 15) is 18.0 Å². The third-order valence-electron chi connectivity index (χ3n) is 1.76. The Bertz CT molecular complexity index is 338. The van der Waals surface area contributed by atoms with Crippen molar-refractivity contribution < 1.29 is 23.1 Å². The van der Waals surface area contributed by atoms with Crippen LogP contribution in [0.25, 0.3) is 0 Å². The third-order valence-corrected chi connectivity index (χ3v) is 3.47.